The number of thiophene rings is 1. The number of anilines is 1. The van der Waals surface area contributed by atoms with Crippen LogP contribution in [0.15, 0.2) is 51.4 Å². The summed E-state index contributed by atoms with van der Waals surface area (Å²) >= 11 is 1.35. The molecule has 0 spiro atoms. The number of nitrogens with zero attached hydrogens (tertiary/aromatic N) is 3. The Morgan fingerprint density at radius 3 is 2.82 bits per heavy atom. The second-order valence-electron chi connectivity index (χ2n) is 6.20. The number of nitrogens with one attached hydrogen (secondary N) is 1. The summed E-state index contributed by atoms with van der Waals surface area (Å²) in [5.41, 5.74) is 1.20. The van der Waals surface area contributed by atoms with Crippen LogP contribution in [0.1, 0.15) is 12.2 Å². The summed E-state index contributed by atoms with van der Waals surface area (Å²) in [5.74, 6) is 0.295. The fourth-order valence-electron chi connectivity index (χ4n) is 2.82. The number of aromatic nitrogens is 3. The lowest BCUT2D eigenvalue weighted by atomic mass is 10.1. The number of rotatable bonds is 5. The van der Waals surface area contributed by atoms with Gasteiger partial charge in [0.25, 0.3) is 5.56 Å². The second-order valence-corrected chi connectivity index (χ2v) is 7.06. The minimum absolute atomic E-state index is 0.0784. The maximum absolute atomic E-state index is 13.2. The van der Waals surface area contributed by atoms with Crippen LogP contribution in [0.4, 0.5) is 10.2 Å². The molecule has 0 saturated heterocycles. The van der Waals surface area contributed by atoms with Crippen LogP contribution < -0.4 is 10.9 Å². The number of halogens is 1. The number of fused-ring (bicyclic) bond motifs is 1. The van der Waals surface area contributed by atoms with E-state index in [4.69, 9.17) is 4.52 Å². The fraction of sp³-hybridized carbons (Fsp3) is 0.158. The van der Waals surface area contributed by atoms with E-state index in [2.05, 4.69) is 15.5 Å². The first-order valence-corrected chi connectivity index (χ1v) is 9.35. The molecular weight excluding hydrogens is 383 g/mol. The number of benzene rings is 1. The highest BCUT2D eigenvalue weighted by molar-refractivity contribution is 7.17. The predicted octanol–water partition coefficient (Wildman–Crippen LogP) is 3.59. The molecule has 0 aliphatic carbocycles. The van der Waals surface area contributed by atoms with Gasteiger partial charge in [-0.1, -0.05) is 17.3 Å². The molecule has 28 heavy (non-hydrogen) atoms. The molecule has 0 radical (unpaired) electrons. The van der Waals surface area contributed by atoms with Gasteiger partial charge in [0, 0.05) is 30.0 Å². The van der Waals surface area contributed by atoms with Crippen molar-refractivity contribution in [3.8, 4) is 11.1 Å². The summed E-state index contributed by atoms with van der Waals surface area (Å²) in [6, 6.07) is 7.56. The monoisotopic (exact) mass is 398 g/mol. The molecule has 4 aromatic rings. The van der Waals surface area contributed by atoms with Crippen molar-refractivity contribution >= 4 is 33.3 Å². The van der Waals surface area contributed by atoms with Gasteiger partial charge in [0.05, 0.1) is 11.7 Å². The molecule has 0 unspecified atom stereocenters. The number of hydrogen-bond donors (Lipinski definition) is 1. The number of carbonyl (C=O) groups is 1. The highest BCUT2D eigenvalue weighted by Gasteiger charge is 2.14. The maximum Gasteiger partial charge on any atom is 0.262 e. The Balaban J connectivity index is 1.57. The minimum atomic E-state index is -0.341. The summed E-state index contributed by atoms with van der Waals surface area (Å²) in [4.78, 5) is 29.9. The lowest BCUT2D eigenvalue weighted by Crippen LogP contribution is -2.23. The van der Waals surface area contributed by atoms with Gasteiger partial charge < -0.3 is 9.84 Å². The second kappa shape index (κ2) is 7.35. The first kappa shape index (κ1) is 18.1. The van der Waals surface area contributed by atoms with E-state index in [-0.39, 0.29) is 30.2 Å². The molecule has 0 saturated carbocycles. The van der Waals surface area contributed by atoms with Crippen LogP contribution >= 0.6 is 11.3 Å². The van der Waals surface area contributed by atoms with Gasteiger partial charge in [-0.15, -0.1) is 11.3 Å². The van der Waals surface area contributed by atoms with Gasteiger partial charge in [0.15, 0.2) is 5.82 Å². The van der Waals surface area contributed by atoms with Gasteiger partial charge in [-0.05, 0) is 24.6 Å². The molecule has 1 amide bonds. The molecule has 0 aliphatic rings. The fourth-order valence-corrected chi connectivity index (χ4v) is 3.73. The van der Waals surface area contributed by atoms with Crippen LogP contribution in [0.5, 0.6) is 0 Å². The van der Waals surface area contributed by atoms with E-state index < -0.39 is 0 Å². The molecule has 4 rings (SSSR count). The average molecular weight is 398 g/mol. The smallest absolute Gasteiger partial charge is 0.262 e. The van der Waals surface area contributed by atoms with Crippen LogP contribution in [0.25, 0.3) is 21.3 Å². The molecule has 0 fully saturated rings. The third-order valence-corrected chi connectivity index (χ3v) is 5.08. The summed E-state index contributed by atoms with van der Waals surface area (Å²) < 4.78 is 19.5. The number of aryl methyl sites for hydroxylation is 2. The van der Waals surface area contributed by atoms with Gasteiger partial charge in [-0.25, -0.2) is 9.37 Å². The topological polar surface area (TPSA) is 90.0 Å². The van der Waals surface area contributed by atoms with Gasteiger partial charge in [-0.2, -0.15) is 0 Å². The first-order valence-electron chi connectivity index (χ1n) is 8.47. The Morgan fingerprint density at radius 2 is 2.11 bits per heavy atom. The van der Waals surface area contributed by atoms with Gasteiger partial charge in [-0.3, -0.25) is 14.2 Å². The third-order valence-electron chi connectivity index (χ3n) is 4.19. The number of amides is 1. The lowest BCUT2D eigenvalue weighted by molar-refractivity contribution is -0.116. The Labute approximate surface area is 162 Å². The van der Waals surface area contributed by atoms with Crippen molar-refractivity contribution < 1.29 is 13.7 Å². The zero-order valence-corrected chi connectivity index (χ0v) is 15.6. The standard InChI is InChI=1S/C19H15FN4O3S/c1-11-8-15(23-27-11)22-16(25)6-7-24-10-21-18-17(19(24)26)14(9-28-18)12-2-4-13(20)5-3-12/h2-5,8-10H,6-7H2,1H3,(H,22,23,25). The van der Waals surface area contributed by atoms with Crippen molar-refractivity contribution in [1.29, 1.82) is 0 Å². The normalized spacial score (nSPS) is 11.1. The van der Waals surface area contributed by atoms with Crippen molar-refractivity contribution in [3.63, 3.8) is 0 Å². The molecule has 1 aromatic carbocycles. The summed E-state index contributed by atoms with van der Waals surface area (Å²) in [6.45, 7) is 1.89. The highest BCUT2D eigenvalue weighted by atomic mass is 32.1. The molecule has 0 aliphatic heterocycles. The summed E-state index contributed by atoms with van der Waals surface area (Å²) in [7, 11) is 0. The van der Waals surface area contributed by atoms with E-state index in [1.54, 1.807) is 25.1 Å². The molecule has 142 valence electrons. The average Bonchev–Trinajstić information content (AvgIpc) is 3.28. The van der Waals surface area contributed by atoms with Crippen LogP contribution in [-0.2, 0) is 11.3 Å². The quantitative estimate of drug-likeness (QED) is 0.555. The maximum atomic E-state index is 13.2. The molecule has 7 nitrogen and oxygen atoms in total. The Kier molecular flexibility index (Phi) is 4.74. The van der Waals surface area contributed by atoms with E-state index >= 15 is 0 Å². The molecule has 3 aromatic heterocycles. The van der Waals surface area contributed by atoms with Gasteiger partial charge in [0.1, 0.15) is 16.4 Å². The number of carbonyl (C=O) groups excluding carboxylic acids is 1. The summed E-state index contributed by atoms with van der Waals surface area (Å²) in [6.07, 6.45) is 1.51. The van der Waals surface area contributed by atoms with E-state index in [0.717, 1.165) is 5.56 Å². The van der Waals surface area contributed by atoms with Crippen molar-refractivity contribution in [1.82, 2.24) is 14.7 Å². The van der Waals surface area contributed by atoms with E-state index in [1.165, 1.54) is 34.4 Å². The first-order chi connectivity index (χ1) is 13.5. The zero-order valence-electron chi connectivity index (χ0n) is 14.8. The third kappa shape index (κ3) is 3.56. The van der Waals surface area contributed by atoms with E-state index in [1.807, 2.05) is 5.38 Å². The summed E-state index contributed by atoms with van der Waals surface area (Å²) in [5, 5.41) is 8.61. The Hall–Kier alpha value is -3.33. The van der Waals surface area contributed by atoms with Crippen molar-refractivity contribution in [2.45, 2.75) is 19.9 Å². The largest absolute Gasteiger partial charge is 0.360 e. The van der Waals surface area contributed by atoms with E-state index in [0.29, 0.717) is 27.4 Å². The predicted molar refractivity (Wildman–Crippen MR) is 104 cm³/mol. The van der Waals surface area contributed by atoms with Gasteiger partial charge >= 0.3 is 0 Å². The minimum Gasteiger partial charge on any atom is -0.360 e. The lowest BCUT2D eigenvalue weighted by Gasteiger charge is -2.06. The van der Waals surface area contributed by atoms with Crippen LogP contribution in [0.2, 0.25) is 0 Å². The molecule has 0 bridgehead atoms. The van der Waals surface area contributed by atoms with Crippen LogP contribution in [-0.4, -0.2) is 20.6 Å². The Morgan fingerprint density at radius 1 is 1.32 bits per heavy atom. The molecule has 1 N–H and O–H groups in total. The van der Waals surface area contributed by atoms with Crippen molar-refractivity contribution in [3.05, 3.63) is 64.0 Å². The van der Waals surface area contributed by atoms with Crippen LogP contribution in [0, 0.1) is 12.7 Å². The molecule has 0 atom stereocenters. The SMILES string of the molecule is Cc1cc(NC(=O)CCn2cnc3scc(-c4ccc(F)cc4)c3c2=O)no1. The molecular formula is C19H15FN4O3S. The van der Waals surface area contributed by atoms with Crippen molar-refractivity contribution in [2.24, 2.45) is 0 Å². The Bertz CT molecular complexity index is 1210. The number of hydrogen-bond acceptors (Lipinski definition) is 6. The van der Waals surface area contributed by atoms with Crippen LogP contribution in [0.3, 0.4) is 0 Å². The van der Waals surface area contributed by atoms with Crippen molar-refractivity contribution in [2.75, 3.05) is 5.32 Å². The van der Waals surface area contributed by atoms with Gasteiger partial charge in [0.2, 0.25) is 5.91 Å². The van der Waals surface area contributed by atoms with E-state index in [9.17, 15) is 14.0 Å². The molecule has 9 heteroatoms. The zero-order chi connectivity index (χ0) is 19.7. The molecule has 3 heterocycles. The highest BCUT2D eigenvalue weighted by Crippen LogP contribution is 2.30.